The number of hydrogen-bond donors (Lipinski definition) is 0. The Balaban J connectivity index is 1.60. The Kier molecular flexibility index (Phi) is 5.76. The maximum atomic E-state index is 13.1. The molecule has 1 amide bonds. The number of rotatable bonds is 5. The zero-order chi connectivity index (χ0) is 20.4. The fourth-order valence-corrected chi connectivity index (χ4v) is 3.74. The van der Waals surface area contributed by atoms with Gasteiger partial charge in [0.2, 0.25) is 0 Å². The fourth-order valence-electron chi connectivity index (χ4n) is 3.10. The largest absolute Gasteiger partial charge is 0.390 e. The summed E-state index contributed by atoms with van der Waals surface area (Å²) in [6.07, 6.45) is 0. The third-order valence-corrected chi connectivity index (χ3v) is 5.54. The van der Waals surface area contributed by atoms with E-state index >= 15 is 0 Å². The van der Waals surface area contributed by atoms with Gasteiger partial charge in [-0.1, -0.05) is 76.4 Å². The van der Waals surface area contributed by atoms with Gasteiger partial charge in [-0.15, -0.1) is 0 Å². The zero-order valence-electron chi connectivity index (χ0n) is 15.1. The summed E-state index contributed by atoms with van der Waals surface area (Å²) in [5.74, 6) is -0.265. The molecule has 3 aromatic carbocycles. The lowest BCUT2D eigenvalue weighted by Crippen LogP contribution is -2.30. The normalized spacial score (nSPS) is 14.4. The average Bonchev–Trinajstić information content (AvgIpc) is 2.98. The van der Waals surface area contributed by atoms with Gasteiger partial charge in [0.05, 0.1) is 12.2 Å². The maximum absolute atomic E-state index is 13.1. The van der Waals surface area contributed by atoms with E-state index in [9.17, 15) is 4.79 Å². The molecule has 4 rings (SSSR count). The number of anilines is 1. The number of fused-ring (bicyclic) bond motifs is 1. The third kappa shape index (κ3) is 4.10. The summed E-state index contributed by atoms with van der Waals surface area (Å²) in [5, 5.41) is 5.79. The van der Waals surface area contributed by atoms with Gasteiger partial charge in [-0.2, -0.15) is 0 Å². The number of carbonyl (C=O) groups is 1. The van der Waals surface area contributed by atoms with Crippen LogP contribution < -0.4 is 4.90 Å². The topological polar surface area (TPSA) is 41.9 Å². The van der Waals surface area contributed by atoms with Crippen molar-refractivity contribution >= 4 is 52.1 Å². The van der Waals surface area contributed by atoms with Crippen LogP contribution in [0.25, 0.3) is 0 Å². The van der Waals surface area contributed by atoms with Crippen LogP contribution in [0.1, 0.15) is 16.7 Å². The number of halogens is 3. The van der Waals surface area contributed by atoms with Gasteiger partial charge >= 0.3 is 0 Å². The number of hydrogen-bond acceptors (Lipinski definition) is 3. The molecule has 0 bridgehead atoms. The van der Waals surface area contributed by atoms with Crippen molar-refractivity contribution in [3.8, 4) is 0 Å². The van der Waals surface area contributed by atoms with Crippen molar-refractivity contribution in [2.45, 2.75) is 13.2 Å². The molecule has 1 aliphatic rings. The fraction of sp³-hybridized carbons (Fsp3) is 0.0909. The molecule has 29 heavy (non-hydrogen) atoms. The monoisotopic (exact) mass is 444 g/mol. The Bertz CT molecular complexity index is 1080. The smallest absolute Gasteiger partial charge is 0.281 e. The Labute approximate surface area is 183 Å². The Morgan fingerprint density at radius 1 is 0.862 bits per heavy atom. The molecule has 0 radical (unpaired) electrons. The second kappa shape index (κ2) is 8.46. The average molecular weight is 446 g/mol. The molecule has 0 saturated carbocycles. The van der Waals surface area contributed by atoms with Gasteiger partial charge in [0, 0.05) is 26.2 Å². The molecular weight excluding hydrogens is 431 g/mol. The standard InChI is InChI=1S/C22H15Cl3N2O2/c23-15-10-8-14(9-11-15)13-29-26-21-16-4-1-2-7-20(16)27(22(21)28)12-17-18(24)5-3-6-19(17)25/h1-11H,12-13H2/b26-21+. The number of carbonyl (C=O) groups excluding carboxylic acids is 1. The van der Waals surface area contributed by atoms with E-state index in [0.29, 0.717) is 26.2 Å². The van der Waals surface area contributed by atoms with Gasteiger partial charge < -0.3 is 9.74 Å². The summed E-state index contributed by atoms with van der Waals surface area (Å²) < 4.78 is 0. The molecule has 0 atom stereocenters. The predicted molar refractivity (Wildman–Crippen MR) is 117 cm³/mol. The first-order chi connectivity index (χ1) is 14.0. The number of oxime groups is 1. The number of amides is 1. The molecule has 0 fully saturated rings. The lowest BCUT2D eigenvalue weighted by atomic mass is 10.1. The molecule has 7 heteroatoms. The number of para-hydroxylation sites is 1. The van der Waals surface area contributed by atoms with Crippen LogP contribution in [-0.4, -0.2) is 11.6 Å². The van der Waals surface area contributed by atoms with Crippen LogP contribution in [0.5, 0.6) is 0 Å². The SMILES string of the molecule is O=C1/C(=N/OCc2ccc(Cl)cc2)c2ccccc2N1Cc1c(Cl)cccc1Cl. The van der Waals surface area contributed by atoms with Crippen LogP contribution >= 0.6 is 34.8 Å². The highest BCUT2D eigenvalue weighted by molar-refractivity contribution is 6.54. The van der Waals surface area contributed by atoms with E-state index in [1.807, 2.05) is 36.4 Å². The summed E-state index contributed by atoms with van der Waals surface area (Å²) in [6.45, 7) is 0.469. The molecule has 0 N–H and O–H groups in total. The molecule has 0 spiro atoms. The highest BCUT2D eigenvalue weighted by atomic mass is 35.5. The van der Waals surface area contributed by atoms with E-state index in [0.717, 1.165) is 11.3 Å². The van der Waals surface area contributed by atoms with Crippen molar-refractivity contribution in [3.63, 3.8) is 0 Å². The van der Waals surface area contributed by atoms with Crippen LogP contribution in [0.2, 0.25) is 15.1 Å². The summed E-state index contributed by atoms with van der Waals surface area (Å²) in [6, 6.07) is 19.9. The van der Waals surface area contributed by atoms with Gasteiger partial charge in [-0.25, -0.2) is 0 Å². The Morgan fingerprint density at radius 2 is 1.55 bits per heavy atom. The minimum atomic E-state index is -0.265. The molecule has 1 heterocycles. The summed E-state index contributed by atoms with van der Waals surface area (Å²) in [4.78, 5) is 20.2. The Hall–Kier alpha value is -2.53. The molecule has 3 aromatic rings. The van der Waals surface area contributed by atoms with E-state index in [-0.39, 0.29) is 24.8 Å². The molecular formula is C22H15Cl3N2O2. The maximum Gasteiger partial charge on any atom is 0.281 e. The van der Waals surface area contributed by atoms with Crippen LogP contribution in [-0.2, 0) is 22.8 Å². The van der Waals surface area contributed by atoms with Crippen LogP contribution in [0.15, 0.2) is 71.9 Å². The predicted octanol–water partition coefficient (Wildman–Crippen LogP) is 6.11. The molecule has 0 aromatic heterocycles. The highest BCUT2D eigenvalue weighted by Crippen LogP contribution is 2.34. The van der Waals surface area contributed by atoms with E-state index in [1.165, 1.54) is 0 Å². The van der Waals surface area contributed by atoms with Gasteiger partial charge in [0.25, 0.3) is 5.91 Å². The lowest BCUT2D eigenvalue weighted by molar-refractivity contribution is -0.112. The molecule has 4 nitrogen and oxygen atoms in total. The first-order valence-electron chi connectivity index (χ1n) is 8.83. The molecule has 1 aliphatic heterocycles. The minimum Gasteiger partial charge on any atom is -0.390 e. The third-order valence-electron chi connectivity index (χ3n) is 4.58. The van der Waals surface area contributed by atoms with E-state index in [1.54, 1.807) is 35.2 Å². The van der Waals surface area contributed by atoms with Crippen molar-refractivity contribution < 1.29 is 9.63 Å². The first-order valence-corrected chi connectivity index (χ1v) is 9.96. The molecule has 0 unspecified atom stereocenters. The molecule has 146 valence electrons. The number of benzene rings is 3. The second-order valence-corrected chi connectivity index (χ2v) is 7.70. The van der Waals surface area contributed by atoms with Gasteiger partial charge in [0.15, 0.2) is 5.71 Å². The highest BCUT2D eigenvalue weighted by Gasteiger charge is 2.35. The number of nitrogens with zero attached hydrogens (tertiary/aromatic N) is 2. The van der Waals surface area contributed by atoms with E-state index < -0.39 is 0 Å². The van der Waals surface area contributed by atoms with Crippen LogP contribution in [0.3, 0.4) is 0 Å². The molecule has 0 aliphatic carbocycles. The zero-order valence-corrected chi connectivity index (χ0v) is 17.4. The van der Waals surface area contributed by atoms with Crippen molar-refractivity contribution in [2.24, 2.45) is 5.16 Å². The van der Waals surface area contributed by atoms with Gasteiger partial charge in [0.1, 0.15) is 6.61 Å². The van der Waals surface area contributed by atoms with Crippen molar-refractivity contribution in [3.05, 3.63) is 98.5 Å². The van der Waals surface area contributed by atoms with Crippen LogP contribution in [0.4, 0.5) is 5.69 Å². The van der Waals surface area contributed by atoms with Crippen molar-refractivity contribution in [2.75, 3.05) is 4.90 Å². The summed E-state index contributed by atoms with van der Waals surface area (Å²) >= 11 is 18.5. The minimum absolute atomic E-state index is 0.229. The van der Waals surface area contributed by atoms with Crippen molar-refractivity contribution in [1.29, 1.82) is 0 Å². The quantitative estimate of drug-likeness (QED) is 0.444. The first kappa shape index (κ1) is 19.8. The molecule has 0 saturated heterocycles. The second-order valence-electron chi connectivity index (χ2n) is 6.45. The Morgan fingerprint density at radius 3 is 2.28 bits per heavy atom. The van der Waals surface area contributed by atoms with Crippen LogP contribution in [0, 0.1) is 0 Å². The summed E-state index contributed by atoms with van der Waals surface area (Å²) in [5.41, 5.74) is 3.27. The lowest BCUT2D eigenvalue weighted by Gasteiger charge is -2.18. The van der Waals surface area contributed by atoms with Crippen molar-refractivity contribution in [1.82, 2.24) is 0 Å². The summed E-state index contributed by atoms with van der Waals surface area (Å²) in [7, 11) is 0. The van der Waals surface area contributed by atoms with E-state index in [4.69, 9.17) is 39.6 Å². The van der Waals surface area contributed by atoms with Gasteiger partial charge in [-0.05, 0) is 35.9 Å². The van der Waals surface area contributed by atoms with E-state index in [2.05, 4.69) is 5.16 Å². The van der Waals surface area contributed by atoms with Gasteiger partial charge in [-0.3, -0.25) is 4.79 Å².